The fraction of sp³-hybridized carbons (Fsp3) is 0.938. The molecule has 1 unspecified atom stereocenters. The van der Waals surface area contributed by atoms with Crippen LogP contribution in [0.25, 0.3) is 0 Å². The monoisotopic (exact) mass is 369 g/mol. The maximum atomic E-state index is 11.9. The van der Waals surface area contributed by atoms with Crippen LogP contribution in [0.3, 0.4) is 0 Å². The Balaban J connectivity index is 0.00000242. The van der Waals surface area contributed by atoms with Crippen molar-refractivity contribution in [2.24, 2.45) is 5.73 Å². The van der Waals surface area contributed by atoms with Crippen LogP contribution in [0.1, 0.15) is 51.9 Å². The number of hydrogen-bond donors (Lipinski definition) is 2. The molecule has 0 radical (unpaired) electrons. The SMILES string of the molecule is COC1CCN(C2(CNC(=O)CC(C)N)CCCC2)CC1.Cl.Cl. The van der Waals surface area contributed by atoms with E-state index in [-0.39, 0.29) is 42.3 Å². The first-order chi connectivity index (χ1) is 10.1. The van der Waals surface area contributed by atoms with Crippen LogP contribution in [0.5, 0.6) is 0 Å². The van der Waals surface area contributed by atoms with Gasteiger partial charge in [-0.05, 0) is 32.6 Å². The molecule has 1 saturated heterocycles. The van der Waals surface area contributed by atoms with E-state index in [2.05, 4.69) is 10.2 Å². The van der Waals surface area contributed by atoms with E-state index in [1.54, 1.807) is 7.11 Å². The molecule has 2 aliphatic rings. The summed E-state index contributed by atoms with van der Waals surface area (Å²) in [7, 11) is 1.81. The number of amides is 1. The molecule has 0 bridgehead atoms. The highest BCUT2D eigenvalue weighted by Crippen LogP contribution is 2.36. The van der Waals surface area contributed by atoms with Crippen molar-refractivity contribution in [3.63, 3.8) is 0 Å². The zero-order chi connectivity index (χ0) is 15.3. The van der Waals surface area contributed by atoms with Crippen LogP contribution in [0, 0.1) is 0 Å². The lowest BCUT2D eigenvalue weighted by atomic mass is 9.91. The molecule has 2 rings (SSSR count). The van der Waals surface area contributed by atoms with Gasteiger partial charge < -0.3 is 15.8 Å². The molecule has 5 nitrogen and oxygen atoms in total. The van der Waals surface area contributed by atoms with Gasteiger partial charge in [0.2, 0.25) is 5.91 Å². The largest absolute Gasteiger partial charge is 0.381 e. The fourth-order valence-corrected chi connectivity index (χ4v) is 3.83. The van der Waals surface area contributed by atoms with Crippen molar-refractivity contribution in [2.75, 3.05) is 26.7 Å². The number of ether oxygens (including phenoxy) is 1. The third kappa shape index (κ3) is 6.39. The molecule has 3 N–H and O–H groups in total. The Kier molecular flexibility index (Phi) is 10.7. The molecular weight excluding hydrogens is 337 g/mol. The second kappa shape index (κ2) is 10.7. The number of hydrogen-bond acceptors (Lipinski definition) is 4. The maximum absolute atomic E-state index is 11.9. The Morgan fingerprint density at radius 2 is 1.87 bits per heavy atom. The minimum Gasteiger partial charge on any atom is -0.381 e. The van der Waals surface area contributed by atoms with E-state index in [1.165, 1.54) is 25.7 Å². The molecule has 2 fully saturated rings. The highest BCUT2D eigenvalue weighted by Gasteiger charge is 2.41. The molecule has 7 heteroatoms. The van der Waals surface area contributed by atoms with Gasteiger partial charge in [-0.1, -0.05) is 12.8 Å². The number of rotatable bonds is 6. The Morgan fingerprint density at radius 1 is 1.30 bits per heavy atom. The van der Waals surface area contributed by atoms with E-state index in [1.807, 2.05) is 6.92 Å². The van der Waals surface area contributed by atoms with Crippen LogP contribution in [-0.4, -0.2) is 55.2 Å². The number of halogens is 2. The summed E-state index contributed by atoms with van der Waals surface area (Å²) < 4.78 is 5.47. The molecule has 1 heterocycles. The van der Waals surface area contributed by atoms with Crippen molar-refractivity contribution >= 4 is 30.7 Å². The van der Waals surface area contributed by atoms with Crippen LogP contribution in [0.4, 0.5) is 0 Å². The van der Waals surface area contributed by atoms with Gasteiger partial charge in [0, 0.05) is 44.7 Å². The van der Waals surface area contributed by atoms with Crippen molar-refractivity contribution in [3.05, 3.63) is 0 Å². The van der Waals surface area contributed by atoms with Crippen molar-refractivity contribution in [1.82, 2.24) is 10.2 Å². The van der Waals surface area contributed by atoms with Gasteiger partial charge in [0.15, 0.2) is 0 Å². The van der Waals surface area contributed by atoms with E-state index in [4.69, 9.17) is 10.5 Å². The molecule has 0 aromatic carbocycles. The first-order valence-electron chi connectivity index (χ1n) is 8.36. The number of carbonyl (C=O) groups excluding carboxylic acids is 1. The zero-order valence-corrected chi connectivity index (χ0v) is 16.0. The predicted octanol–water partition coefficient (Wildman–Crippen LogP) is 2.11. The highest BCUT2D eigenvalue weighted by molar-refractivity contribution is 5.85. The Labute approximate surface area is 152 Å². The van der Waals surface area contributed by atoms with Crippen LogP contribution in [0.2, 0.25) is 0 Å². The molecule has 138 valence electrons. The lowest BCUT2D eigenvalue weighted by molar-refractivity contribution is -0.122. The third-order valence-electron chi connectivity index (χ3n) is 5.10. The molecule has 1 atom stereocenters. The average Bonchev–Trinajstić information content (AvgIpc) is 2.95. The topological polar surface area (TPSA) is 67.6 Å². The Morgan fingerprint density at radius 3 is 2.35 bits per heavy atom. The molecule has 1 saturated carbocycles. The van der Waals surface area contributed by atoms with Gasteiger partial charge >= 0.3 is 0 Å². The van der Waals surface area contributed by atoms with Gasteiger partial charge in [0.1, 0.15) is 0 Å². The van der Waals surface area contributed by atoms with Crippen molar-refractivity contribution in [2.45, 2.75) is 69.6 Å². The second-order valence-corrected chi connectivity index (χ2v) is 6.81. The van der Waals surface area contributed by atoms with E-state index < -0.39 is 0 Å². The number of likely N-dealkylation sites (tertiary alicyclic amines) is 1. The summed E-state index contributed by atoms with van der Waals surface area (Å²) in [5.74, 6) is 0.0862. The van der Waals surface area contributed by atoms with E-state index in [0.717, 1.165) is 32.5 Å². The Bertz CT molecular complexity index is 342. The first kappa shape index (κ1) is 22.9. The average molecular weight is 370 g/mol. The van der Waals surface area contributed by atoms with Crippen molar-refractivity contribution in [3.8, 4) is 0 Å². The molecule has 1 aliphatic heterocycles. The fourth-order valence-electron chi connectivity index (χ4n) is 3.83. The van der Waals surface area contributed by atoms with Crippen molar-refractivity contribution in [1.29, 1.82) is 0 Å². The summed E-state index contributed by atoms with van der Waals surface area (Å²) in [6.45, 7) is 4.82. The van der Waals surface area contributed by atoms with Gasteiger partial charge in [0.05, 0.1) is 6.10 Å². The van der Waals surface area contributed by atoms with E-state index >= 15 is 0 Å². The highest BCUT2D eigenvalue weighted by atomic mass is 35.5. The normalized spacial score (nSPS) is 22.7. The quantitative estimate of drug-likeness (QED) is 0.752. The van der Waals surface area contributed by atoms with E-state index in [0.29, 0.717) is 12.5 Å². The standard InChI is InChI=1S/C16H31N3O2.2ClH/c1-13(17)11-15(20)18-12-16(7-3-4-8-16)19-9-5-14(21-2)6-10-19;;/h13-14H,3-12,17H2,1-2H3,(H,18,20);2*1H. The molecule has 23 heavy (non-hydrogen) atoms. The molecule has 0 spiro atoms. The molecule has 1 amide bonds. The van der Waals surface area contributed by atoms with Crippen LogP contribution in [0.15, 0.2) is 0 Å². The van der Waals surface area contributed by atoms with Crippen LogP contribution >= 0.6 is 24.8 Å². The number of piperidine rings is 1. The Hall–Kier alpha value is -0.0700. The van der Waals surface area contributed by atoms with E-state index in [9.17, 15) is 4.79 Å². The molecule has 0 aromatic rings. The summed E-state index contributed by atoms with van der Waals surface area (Å²) in [5, 5.41) is 3.13. The minimum atomic E-state index is -0.0676. The summed E-state index contributed by atoms with van der Waals surface area (Å²) in [6, 6.07) is -0.0676. The van der Waals surface area contributed by atoms with Crippen LogP contribution < -0.4 is 11.1 Å². The van der Waals surface area contributed by atoms with Crippen LogP contribution in [-0.2, 0) is 9.53 Å². The number of carbonyl (C=O) groups is 1. The number of nitrogens with zero attached hydrogens (tertiary/aromatic N) is 1. The molecule has 0 aromatic heterocycles. The minimum absolute atomic E-state index is 0. The summed E-state index contributed by atoms with van der Waals surface area (Å²) in [5.41, 5.74) is 5.87. The summed E-state index contributed by atoms with van der Waals surface area (Å²) in [4.78, 5) is 14.5. The maximum Gasteiger partial charge on any atom is 0.221 e. The lowest BCUT2D eigenvalue weighted by Crippen LogP contribution is -2.57. The summed E-state index contributed by atoms with van der Waals surface area (Å²) in [6.07, 6.45) is 7.97. The van der Waals surface area contributed by atoms with Gasteiger partial charge in [0.25, 0.3) is 0 Å². The van der Waals surface area contributed by atoms with Crippen molar-refractivity contribution < 1.29 is 9.53 Å². The number of methoxy groups -OCH3 is 1. The number of nitrogens with two attached hydrogens (primary N) is 1. The molecular formula is C16H33Cl2N3O2. The van der Waals surface area contributed by atoms with Gasteiger partial charge in [-0.25, -0.2) is 0 Å². The van der Waals surface area contributed by atoms with Gasteiger partial charge in [-0.2, -0.15) is 0 Å². The first-order valence-corrected chi connectivity index (χ1v) is 8.36. The molecule has 1 aliphatic carbocycles. The zero-order valence-electron chi connectivity index (χ0n) is 14.4. The second-order valence-electron chi connectivity index (χ2n) is 6.81. The lowest BCUT2D eigenvalue weighted by Gasteiger charge is -2.45. The summed E-state index contributed by atoms with van der Waals surface area (Å²) >= 11 is 0. The number of nitrogens with one attached hydrogen (secondary N) is 1. The third-order valence-corrected chi connectivity index (χ3v) is 5.10. The smallest absolute Gasteiger partial charge is 0.221 e. The van der Waals surface area contributed by atoms with Gasteiger partial charge in [-0.15, -0.1) is 24.8 Å². The predicted molar refractivity (Wildman–Crippen MR) is 98.6 cm³/mol. The van der Waals surface area contributed by atoms with Gasteiger partial charge in [-0.3, -0.25) is 9.69 Å².